The van der Waals surface area contributed by atoms with Crippen LogP contribution in [0.4, 0.5) is 0 Å². The molecular weight excluding hydrogens is 701 g/mol. The highest BCUT2D eigenvalue weighted by molar-refractivity contribution is 6.06. The van der Waals surface area contributed by atoms with Crippen molar-refractivity contribution in [3.8, 4) is 33.6 Å². The van der Waals surface area contributed by atoms with Crippen molar-refractivity contribution in [2.24, 2.45) is 0 Å². The Morgan fingerprint density at radius 1 is 0.500 bits per heavy atom. The van der Waals surface area contributed by atoms with Crippen molar-refractivity contribution in [3.63, 3.8) is 0 Å². The van der Waals surface area contributed by atoms with Crippen LogP contribution in [0.5, 0.6) is 0 Å². The van der Waals surface area contributed by atoms with Gasteiger partial charge in [0.1, 0.15) is 0 Å². The first-order chi connectivity index (χ1) is 28.7. The van der Waals surface area contributed by atoms with Crippen molar-refractivity contribution in [1.29, 1.82) is 0 Å². The molecule has 0 spiro atoms. The molecule has 58 heavy (non-hydrogen) atoms. The lowest BCUT2D eigenvalue weighted by molar-refractivity contribution is 0.970. The van der Waals surface area contributed by atoms with E-state index in [-0.39, 0.29) is 0 Å². The van der Waals surface area contributed by atoms with Crippen LogP contribution in [0.25, 0.3) is 84.4 Å². The Bertz CT molecular complexity index is 3170. The van der Waals surface area contributed by atoms with Gasteiger partial charge in [-0.25, -0.2) is 0 Å². The fourth-order valence-corrected chi connectivity index (χ4v) is 9.74. The van der Waals surface area contributed by atoms with E-state index in [1.54, 1.807) is 0 Å². The van der Waals surface area contributed by atoms with E-state index in [9.17, 15) is 0 Å². The van der Waals surface area contributed by atoms with Crippen molar-refractivity contribution in [3.05, 3.63) is 196 Å². The van der Waals surface area contributed by atoms with Gasteiger partial charge in [0.15, 0.2) is 0 Å². The Kier molecular flexibility index (Phi) is 9.26. The van der Waals surface area contributed by atoms with Crippen molar-refractivity contribution >= 4 is 50.8 Å². The zero-order chi connectivity index (χ0) is 39.2. The van der Waals surface area contributed by atoms with Gasteiger partial charge in [0.2, 0.25) is 0 Å². The van der Waals surface area contributed by atoms with E-state index < -0.39 is 0 Å². The predicted molar refractivity (Wildman–Crippen MR) is 249 cm³/mol. The number of nitrogens with zero attached hydrogens (tertiary/aromatic N) is 2. The van der Waals surface area contributed by atoms with Crippen LogP contribution in [0.2, 0.25) is 0 Å². The summed E-state index contributed by atoms with van der Waals surface area (Å²) in [7, 11) is 0. The molecule has 0 radical (unpaired) electrons. The number of fused-ring (bicyclic) bond motifs is 10. The second-order valence-corrected chi connectivity index (χ2v) is 15.5. The summed E-state index contributed by atoms with van der Waals surface area (Å²) in [4.78, 5) is 0. The summed E-state index contributed by atoms with van der Waals surface area (Å²) in [6.45, 7) is 6.16. The number of aryl methyl sites for hydroxylation is 2. The first-order valence-corrected chi connectivity index (χ1v) is 21.1. The lowest BCUT2D eigenvalue weighted by Gasteiger charge is -2.17. The fourth-order valence-electron chi connectivity index (χ4n) is 9.74. The minimum atomic E-state index is 1.02. The average molecular weight is 749 g/mol. The third-order valence-corrected chi connectivity index (χ3v) is 12.2. The summed E-state index contributed by atoms with van der Waals surface area (Å²) in [6, 6.07) is 55.6. The highest BCUT2D eigenvalue weighted by atomic mass is 15.0. The van der Waals surface area contributed by atoms with Gasteiger partial charge in [-0.3, -0.25) is 0 Å². The smallest absolute Gasteiger partial charge is 0.0543 e. The molecule has 0 atom stereocenters. The summed E-state index contributed by atoms with van der Waals surface area (Å²) >= 11 is 0. The molecule has 2 aromatic heterocycles. The van der Waals surface area contributed by atoms with E-state index in [2.05, 4.69) is 192 Å². The van der Waals surface area contributed by atoms with Crippen LogP contribution in [0.15, 0.2) is 158 Å². The first kappa shape index (κ1) is 35.8. The maximum Gasteiger partial charge on any atom is 0.0543 e. The normalized spacial score (nSPS) is 13.3. The van der Waals surface area contributed by atoms with E-state index >= 15 is 0 Å². The van der Waals surface area contributed by atoms with Crippen molar-refractivity contribution < 1.29 is 0 Å². The monoisotopic (exact) mass is 748 g/mol. The lowest BCUT2D eigenvalue weighted by atomic mass is 9.91. The van der Waals surface area contributed by atoms with Crippen molar-refractivity contribution in [2.45, 2.75) is 52.9 Å². The molecule has 0 fully saturated rings. The van der Waals surface area contributed by atoms with Gasteiger partial charge in [0, 0.05) is 38.1 Å². The molecule has 2 nitrogen and oxygen atoms in total. The van der Waals surface area contributed by atoms with Gasteiger partial charge >= 0.3 is 0 Å². The number of aromatic nitrogens is 2. The zero-order valence-corrected chi connectivity index (χ0v) is 33.7. The molecule has 0 N–H and O–H groups in total. The number of benzene rings is 7. The molecule has 2 heteroatoms. The van der Waals surface area contributed by atoms with Crippen LogP contribution in [-0.2, 0) is 12.8 Å². The molecule has 2 heterocycles. The molecule has 7 aromatic carbocycles. The van der Waals surface area contributed by atoms with Crippen LogP contribution in [0.3, 0.4) is 0 Å². The third-order valence-electron chi connectivity index (χ3n) is 12.2. The van der Waals surface area contributed by atoms with Gasteiger partial charge in [-0.2, -0.15) is 0 Å². The Morgan fingerprint density at radius 3 is 2.12 bits per heavy atom. The van der Waals surface area contributed by atoms with E-state index in [0.717, 1.165) is 32.1 Å². The lowest BCUT2D eigenvalue weighted by Crippen LogP contribution is -2.30. The Balaban J connectivity index is 0.000000157. The van der Waals surface area contributed by atoms with Crippen LogP contribution in [0, 0.1) is 6.92 Å². The van der Waals surface area contributed by atoms with E-state index in [4.69, 9.17) is 0 Å². The number of hydrogen-bond donors (Lipinski definition) is 0. The predicted octanol–water partition coefficient (Wildman–Crippen LogP) is 13.3. The van der Waals surface area contributed by atoms with Crippen molar-refractivity contribution in [2.75, 3.05) is 0 Å². The number of hydrogen-bond acceptors (Lipinski definition) is 0. The van der Waals surface area contributed by atoms with Gasteiger partial charge in [-0.05, 0) is 125 Å². The molecule has 12 rings (SSSR count). The Labute approximate surface area is 341 Å². The second kappa shape index (κ2) is 15.0. The summed E-state index contributed by atoms with van der Waals surface area (Å²) < 4.78 is 4.88. The SMILES string of the molecule is C1=Cc2c(c3ccccc3n2-c2cccc3c(-c4cccc5c4-c4ccccc4C5)cccc23)CC1.CC.Cc1ccc2c3c(n(-c4ccccc4)c2c1)=CCCC=3. The molecular formula is C56H48N2. The molecule has 0 saturated heterocycles. The summed E-state index contributed by atoms with van der Waals surface area (Å²) in [5.41, 5.74) is 17.5. The van der Waals surface area contributed by atoms with E-state index in [1.165, 1.54) is 105 Å². The largest absolute Gasteiger partial charge is 0.310 e. The molecule has 282 valence electrons. The van der Waals surface area contributed by atoms with E-state index in [0.29, 0.717) is 0 Å². The summed E-state index contributed by atoms with van der Waals surface area (Å²) in [6.07, 6.45) is 14.9. The molecule has 3 aliphatic carbocycles. The third kappa shape index (κ3) is 5.86. The number of para-hydroxylation sites is 2. The average Bonchev–Trinajstić information content (AvgIpc) is 3.95. The van der Waals surface area contributed by atoms with Crippen LogP contribution < -0.4 is 10.6 Å². The van der Waals surface area contributed by atoms with Crippen molar-refractivity contribution in [1.82, 2.24) is 9.13 Å². The molecule has 9 aromatic rings. The van der Waals surface area contributed by atoms with Gasteiger partial charge in [0.25, 0.3) is 0 Å². The fraction of sp³-hybridized carbons (Fsp3) is 0.143. The molecule has 3 aliphatic rings. The minimum Gasteiger partial charge on any atom is -0.310 e. The molecule has 0 unspecified atom stereocenters. The van der Waals surface area contributed by atoms with Crippen LogP contribution >= 0.6 is 0 Å². The number of allylic oxidation sites excluding steroid dienone is 1. The Hall–Kier alpha value is -6.64. The molecule has 0 amide bonds. The summed E-state index contributed by atoms with van der Waals surface area (Å²) in [5.74, 6) is 0. The minimum absolute atomic E-state index is 1.02. The van der Waals surface area contributed by atoms with Gasteiger partial charge in [-0.1, -0.05) is 153 Å². The topological polar surface area (TPSA) is 9.86 Å². The zero-order valence-electron chi connectivity index (χ0n) is 33.7. The highest BCUT2D eigenvalue weighted by Crippen LogP contribution is 2.45. The number of rotatable bonds is 3. The van der Waals surface area contributed by atoms with E-state index in [1.807, 2.05) is 13.8 Å². The summed E-state index contributed by atoms with van der Waals surface area (Å²) in [5, 5.41) is 8.09. The maximum atomic E-state index is 2.48. The molecule has 0 aliphatic heterocycles. The first-order valence-electron chi connectivity index (χ1n) is 21.1. The molecule has 0 bridgehead atoms. The van der Waals surface area contributed by atoms with Gasteiger partial charge in [0.05, 0.1) is 16.7 Å². The highest BCUT2D eigenvalue weighted by Gasteiger charge is 2.24. The van der Waals surface area contributed by atoms with Gasteiger partial charge in [-0.15, -0.1) is 0 Å². The maximum absolute atomic E-state index is 2.48. The van der Waals surface area contributed by atoms with Crippen LogP contribution in [-0.4, -0.2) is 9.13 Å². The Morgan fingerprint density at radius 2 is 1.21 bits per heavy atom. The molecule has 0 saturated carbocycles. The second-order valence-electron chi connectivity index (χ2n) is 15.5. The van der Waals surface area contributed by atoms with Crippen LogP contribution in [0.1, 0.15) is 61.1 Å². The quantitative estimate of drug-likeness (QED) is 0.170. The van der Waals surface area contributed by atoms with Gasteiger partial charge < -0.3 is 9.13 Å². The standard InChI is InChI=1S/C35H25N.C19H17N.C2H6/c1-2-12-25-23(10-1)22-24-11-7-18-31(35(24)25)27-15-8-17-28-26(27)16-9-21-34(28)36-32-19-5-3-13-29(32)30-14-4-6-20-33(30)36;1-14-11-12-17-16-9-5-6-10-18(16)20(19(17)13-14)15-7-3-2-4-8-15;1-2/h1-3,5-13,15-21H,4,14,22H2;2-4,7-13H,5-6H2,1H3;1-2H3.